The van der Waals surface area contributed by atoms with Gasteiger partial charge in [-0.3, -0.25) is 9.48 Å². The van der Waals surface area contributed by atoms with Crippen LogP contribution in [0.25, 0.3) is 0 Å². The Labute approximate surface area is 144 Å². The summed E-state index contributed by atoms with van der Waals surface area (Å²) in [6.45, 7) is 2.49. The van der Waals surface area contributed by atoms with Crippen LogP contribution in [0.2, 0.25) is 0 Å². The maximum Gasteiger partial charge on any atom is 0.345 e. The SMILES string of the molecule is CCOC(=O)c1cn[nH]c1OC1CCN(c2cnn(C)c2)C1=O.Cl. The summed E-state index contributed by atoms with van der Waals surface area (Å²) in [4.78, 5) is 25.9. The lowest BCUT2D eigenvalue weighted by molar-refractivity contribution is -0.123. The van der Waals surface area contributed by atoms with Crippen LogP contribution in [-0.4, -0.2) is 51.1 Å². The second-order valence-electron chi connectivity index (χ2n) is 5.09. The molecule has 1 N–H and O–H groups in total. The highest BCUT2D eigenvalue weighted by molar-refractivity contribution is 5.99. The van der Waals surface area contributed by atoms with E-state index in [1.807, 2.05) is 0 Å². The van der Waals surface area contributed by atoms with Gasteiger partial charge in [-0.1, -0.05) is 0 Å². The highest BCUT2D eigenvalue weighted by atomic mass is 35.5. The number of anilines is 1. The predicted octanol–water partition coefficient (Wildman–Crippen LogP) is 0.926. The Balaban J connectivity index is 0.00000208. The molecule has 10 heteroatoms. The highest BCUT2D eigenvalue weighted by Crippen LogP contribution is 2.25. The van der Waals surface area contributed by atoms with Crippen LogP contribution in [0.4, 0.5) is 5.69 Å². The first-order valence-electron chi connectivity index (χ1n) is 7.27. The third-order valence-electron chi connectivity index (χ3n) is 3.52. The molecule has 1 fully saturated rings. The number of rotatable bonds is 5. The van der Waals surface area contributed by atoms with Crippen molar-refractivity contribution in [3.8, 4) is 5.88 Å². The monoisotopic (exact) mass is 355 g/mol. The van der Waals surface area contributed by atoms with E-state index in [9.17, 15) is 9.59 Å². The van der Waals surface area contributed by atoms with Crippen molar-refractivity contribution in [2.75, 3.05) is 18.1 Å². The van der Waals surface area contributed by atoms with E-state index < -0.39 is 12.1 Å². The number of nitrogens with zero attached hydrogens (tertiary/aromatic N) is 4. The van der Waals surface area contributed by atoms with Crippen LogP contribution in [0.1, 0.15) is 23.7 Å². The van der Waals surface area contributed by atoms with Gasteiger partial charge in [-0.25, -0.2) is 9.89 Å². The number of H-pyrrole nitrogens is 1. The van der Waals surface area contributed by atoms with E-state index in [1.54, 1.807) is 35.9 Å². The molecule has 1 saturated heterocycles. The Kier molecular flexibility index (Phi) is 5.45. The minimum Gasteiger partial charge on any atom is -0.464 e. The van der Waals surface area contributed by atoms with E-state index in [1.165, 1.54) is 6.20 Å². The molecule has 1 amide bonds. The van der Waals surface area contributed by atoms with Crippen molar-refractivity contribution >= 4 is 30.0 Å². The molecule has 24 heavy (non-hydrogen) atoms. The zero-order chi connectivity index (χ0) is 16.4. The fourth-order valence-corrected chi connectivity index (χ4v) is 2.43. The van der Waals surface area contributed by atoms with Crippen molar-refractivity contribution in [1.29, 1.82) is 0 Å². The van der Waals surface area contributed by atoms with Gasteiger partial charge in [0.1, 0.15) is 5.56 Å². The van der Waals surface area contributed by atoms with Gasteiger partial charge in [-0.05, 0) is 6.92 Å². The minimum absolute atomic E-state index is 0. The summed E-state index contributed by atoms with van der Waals surface area (Å²) >= 11 is 0. The summed E-state index contributed by atoms with van der Waals surface area (Å²) in [5.74, 6) is -0.567. The van der Waals surface area contributed by atoms with Crippen LogP contribution in [-0.2, 0) is 16.6 Å². The summed E-state index contributed by atoms with van der Waals surface area (Å²) in [6, 6.07) is 0. The smallest absolute Gasteiger partial charge is 0.345 e. The van der Waals surface area contributed by atoms with Crippen molar-refractivity contribution < 1.29 is 19.1 Å². The fraction of sp³-hybridized carbons (Fsp3) is 0.429. The number of amides is 1. The molecule has 0 aliphatic carbocycles. The maximum atomic E-state index is 12.5. The number of ether oxygens (including phenoxy) is 2. The number of aryl methyl sites for hydroxylation is 1. The summed E-state index contributed by atoms with van der Waals surface area (Å²) in [7, 11) is 1.79. The average Bonchev–Trinajstić information content (AvgIpc) is 3.22. The number of halogens is 1. The molecule has 0 radical (unpaired) electrons. The first-order valence-corrected chi connectivity index (χ1v) is 7.27. The van der Waals surface area contributed by atoms with Gasteiger partial charge in [0.25, 0.3) is 5.91 Å². The molecule has 1 aliphatic heterocycles. The van der Waals surface area contributed by atoms with E-state index in [0.29, 0.717) is 13.0 Å². The van der Waals surface area contributed by atoms with Gasteiger partial charge >= 0.3 is 5.97 Å². The Morgan fingerprint density at radius 3 is 2.92 bits per heavy atom. The zero-order valence-electron chi connectivity index (χ0n) is 13.3. The van der Waals surface area contributed by atoms with Crippen molar-refractivity contribution in [3.05, 3.63) is 24.2 Å². The second-order valence-corrected chi connectivity index (χ2v) is 5.09. The number of carbonyl (C=O) groups is 2. The van der Waals surface area contributed by atoms with Crippen LogP contribution >= 0.6 is 12.4 Å². The van der Waals surface area contributed by atoms with Gasteiger partial charge in [0.05, 0.1) is 24.7 Å². The predicted molar refractivity (Wildman–Crippen MR) is 86.4 cm³/mol. The summed E-state index contributed by atoms with van der Waals surface area (Å²) in [6.07, 6.45) is 4.55. The topological polar surface area (TPSA) is 102 Å². The average molecular weight is 356 g/mol. The van der Waals surface area contributed by atoms with Crippen molar-refractivity contribution in [3.63, 3.8) is 0 Å². The van der Waals surface area contributed by atoms with Gasteiger partial charge in [-0.15, -0.1) is 12.4 Å². The van der Waals surface area contributed by atoms with E-state index in [4.69, 9.17) is 9.47 Å². The molecule has 9 nitrogen and oxygen atoms in total. The number of hydrogen-bond donors (Lipinski definition) is 1. The molecule has 1 aliphatic rings. The maximum absolute atomic E-state index is 12.5. The number of aromatic amines is 1. The van der Waals surface area contributed by atoms with Crippen LogP contribution in [0, 0.1) is 0 Å². The second kappa shape index (κ2) is 7.35. The lowest BCUT2D eigenvalue weighted by Gasteiger charge is -2.15. The van der Waals surface area contributed by atoms with Crippen LogP contribution in [0.3, 0.4) is 0 Å². The number of hydrogen-bond acceptors (Lipinski definition) is 6. The highest BCUT2D eigenvalue weighted by Gasteiger charge is 2.36. The molecule has 3 heterocycles. The number of carbonyl (C=O) groups excluding carboxylic acids is 2. The molecule has 0 aromatic carbocycles. The van der Waals surface area contributed by atoms with Crippen molar-refractivity contribution in [2.24, 2.45) is 7.05 Å². The molecule has 1 atom stereocenters. The minimum atomic E-state index is -0.677. The molecule has 2 aromatic rings. The zero-order valence-corrected chi connectivity index (χ0v) is 14.1. The normalized spacial score (nSPS) is 16.8. The molecule has 0 bridgehead atoms. The lowest BCUT2D eigenvalue weighted by Crippen LogP contribution is -2.32. The quantitative estimate of drug-likeness (QED) is 0.800. The standard InChI is InChI=1S/C14H17N5O4.ClH/c1-3-22-14(21)10-7-15-17-12(10)23-11-4-5-19(13(11)20)9-6-16-18(2)8-9;/h6-8,11H,3-5H2,1-2H3,(H,15,17);1H. The first kappa shape index (κ1) is 17.8. The number of nitrogens with one attached hydrogen (secondary N) is 1. The lowest BCUT2D eigenvalue weighted by atomic mass is 10.3. The van der Waals surface area contributed by atoms with Gasteiger partial charge in [-0.2, -0.15) is 10.2 Å². The third-order valence-corrected chi connectivity index (χ3v) is 3.52. The third kappa shape index (κ3) is 3.35. The fourth-order valence-electron chi connectivity index (χ4n) is 2.43. The van der Waals surface area contributed by atoms with E-state index in [2.05, 4.69) is 15.3 Å². The van der Waals surface area contributed by atoms with Gasteiger partial charge in [0.15, 0.2) is 6.10 Å². The van der Waals surface area contributed by atoms with Gasteiger partial charge in [0.2, 0.25) is 5.88 Å². The molecule has 3 rings (SSSR count). The molecular weight excluding hydrogens is 338 g/mol. The van der Waals surface area contributed by atoms with E-state index in [0.717, 1.165) is 5.69 Å². The van der Waals surface area contributed by atoms with E-state index in [-0.39, 0.29) is 36.4 Å². The Bertz CT molecular complexity index is 728. The van der Waals surface area contributed by atoms with Crippen LogP contribution < -0.4 is 9.64 Å². The Morgan fingerprint density at radius 1 is 1.46 bits per heavy atom. The van der Waals surface area contributed by atoms with Crippen molar-refractivity contribution in [1.82, 2.24) is 20.0 Å². The number of esters is 1. The number of aromatic nitrogens is 4. The molecule has 130 valence electrons. The van der Waals surface area contributed by atoms with E-state index >= 15 is 0 Å². The summed E-state index contributed by atoms with van der Waals surface area (Å²) in [5, 5.41) is 10.4. The summed E-state index contributed by atoms with van der Waals surface area (Å²) < 4.78 is 12.2. The molecule has 1 unspecified atom stereocenters. The van der Waals surface area contributed by atoms with Crippen LogP contribution in [0.5, 0.6) is 5.88 Å². The first-order chi connectivity index (χ1) is 11.1. The Morgan fingerprint density at radius 2 is 2.25 bits per heavy atom. The molecule has 0 saturated carbocycles. The van der Waals surface area contributed by atoms with Gasteiger partial charge in [0, 0.05) is 26.2 Å². The van der Waals surface area contributed by atoms with Crippen molar-refractivity contribution in [2.45, 2.75) is 19.4 Å². The molecule has 2 aromatic heterocycles. The molecular formula is C14H18ClN5O4. The van der Waals surface area contributed by atoms with Gasteiger partial charge < -0.3 is 14.4 Å². The van der Waals surface area contributed by atoms with Crippen LogP contribution in [0.15, 0.2) is 18.6 Å². The molecule has 0 spiro atoms. The largest absolute Gasteiger partial charge is 0.464 e. The summed E-state index contributed by atoms with van der Waals surface area (Å²) in [5.41, 5.74) is 0.901. The Hall–Kier alpha value is -2.55.